The lowest BCUT2D eigenvalue weighted by molar-refractivity contribution is 0.0948. The van der Waals surface area contributed by atoms with Gasteiger partial charge in [-0.1, -0.05) is 18.2 Å². The summed E-state index contributed by atoms with van der Waals surface area (Å²) < 4.78 is 4.79. The molecule has 4 aromatic rings. The molecule has 0 unspecified atom stereocenters. The molecule has 1 N–H and O–H groups in total. The Morgan fingerprint density at radius 1 is 1.14 bits per heavy atom. The number of para-hydroxylation sites is 1. The summed E-state index contributed by atoms with van der Waals surface area (Å²) in [5.74, 6) is -0.304. The fourth-order valence-electron chi connectivity index (χ4n) is 3.52. The van der Waals surface area contributed by atoms with Gasteiger partial charge in [0, 0.05) is 33.3 Å². The van der Waals surface area contributed by atoms with E-state index in [1.54, 1.807) is 10.6 Å². The van der Waals surface area contributed by atoms with Crippen molar-refractivity contribution in [1.29, 1.82) is 0 Å². The molecule has 0 saturated heterocycles. The highest BCUT2D eigenvalue weighted by molar-refractivity contribution is 9.10. The molecule has 0 radical (unpaired) electrons. The van der Waals surface area contributed by atoms with Gasteiger partial charge in [0.15, 0.2) is 0 Å². The lowest BCUT2D eigenvalue weighted by atomic mass is 10.2. The van der Waals surface area contributed by atoms with Crippen molar-refractivity contribution in [3.05, 3.63) is 87.5 Å². The largest absolute Gasteiger partial charge is 0.318 e. The van der Waals surface area contributed by atoms with Gasteiger partial charge in [0.2, 0.25) is 0 Å². The molecular weight excluding hydrogens is 430 g/mol. The maximum atomic E-state index is 12.7. The topological polar surface area (TPSA) is 63.7 Å². The van der Waals surface area contributed by atoms with Crippen molar-refractivity contribution in [2.45, 2.75) is 20.8 Å². The minimum Gasteiger partial charge on any atom is -0.318 e. The Labute approximate surface area is 177 Å². The predicted octanol–water partition coefficient (Wildman–Crippen LogP) is 4.58. The van der Waals surface area contributed by atoms with E-state index in [-0.39, 0.29) is 5.91 Å². The number of hydrogen-bond acceptors (Lipinski definition) is 3. The standard InChI is InChI=1S/C22H20BrN5O/c1-14-11-17(16(3)28(14)19-7-5-4-6-8-19)12-24-26-22(29)21-15(2)25-20-10-9-18(23)13-27(20)21/h4-13H,1-3H3,(H,26,29)/b24-12-. The number of nitrogens with zero attached hydrogens (tertiary/aromatic N) is 4. The number of imidazole rings is 1. The maximum Gasteiger partial charge on any atom is 0.290 e. The number of carbonyl (C=O) groups is 1. The first-order valence-electron chi connectivity index (χ1n) is 9.17. The molecule has 0 aliphatic rings. The first-order chi connectivity index (χ1) is 14.0. The number of pyridine rings is 1. The number of amides is 1. The molecule has 29 heavy (non-hydrogen) atoms. The molecule has 0 fully saturated rings. The molecule has 0 atom stereocenters. The number of nitrogens with one attached hydrogen (secondary N) is 1. The molecular formula is C22H20BrN5O. The zero-order valence-electron chi connectivity index (χ0n) is 16.3. The lowest BCUT2D eigenvalue weighted by Gasteiger charge is -2.09. The highest BCUT2D eigenvalue weighted by Gasteiger charge is 2.16. The van der Waals surface area contributed by atoms with Crippen molar-refractivity contribution in [2.24, 2.45) is 5.10 Å². The highest BCUT2D eigenvalue weighted by Crippen LogP contribution is 2.20. The zero-order chi connectivity index (χ0) is 20.5. The van der Waals surface area contributed by atoms with Gasteiger partial charge in [-0.2, -0.15) is 5.10 Å². The number of fused-ring (bicyclic) bond motifs is 1. The number of hydrazone groups is 1. The van der Waals surface area contributed by atoms with E-state index in [2.05, 4.69) is 61.1 Å². The van der Waals surface area contributed by atoms with E-state index in [4.69, 9.17) is 0 Å². The fraction of sp³-hybridized carbons (Fsp3) is 0.136. The summed E-state index contributed by atoms with van der Waals surface area (Å²) in [7, 11) is 0. The second kappa shape index (κ2) is 7.67. The number of benzene rings is 1. The number of halogens is 1. The van der Waals surface area contributed by atoms with Crippen LogP contribution in [0.5, 0.6) is 0 Å². The second-order valence-electron chi connectivity index (χ2n) is 6.82. The van der Waals surface area contributed by atoms with Crippen LogP contribution in [-0.2, 0) is 0 Å². The van der Waals surface area contributed by atoms with Crippen molar-refractivity contribution >= 4 is 33.7 Å². The van der Waals surface area contributed by atoms with Crippen molar-refractivity contribution in [3.8, 4) is 5.69 Å². The summed E-state index contributed by atoms with van der Waals surface area (Å²) >= 11 is 3.43. The molecule has 4 rings (SSSR count). The lowest BCUT2D eigenvalue weighted by Crippen LogP contribution is -2.20. The summed E-state index contributed by atoms with van der Waals surface area (Å²) in [6.45, 7) is 5.90. The van der Waals surface area contributed by atoms with Crippen LogP contribution in [0.15, 0.2) is 64.3 Å². The van der Waals surface area contributed by atoms with Gasteiger partial charge in [0.25, 0.3) is 5.91 Å². The van der Waals surface area contributed by atoms with Crippen molar-refractivity contribution in [3.63, 3.8) is 0 Å². The molecule has 146 valence electrons. The molecule has 6 nitrogen and oxygen atoms in total. The summed E-state index contributed by atoms with van der Waals surface area (Å²) in [6.07, 6.45) is 3.50. The van der Waals surface area contributed by atoms with Gasteiger partial charge in [0.05, 0.1) is 11.9 Å². The van der Waals surface area contributed by atoms with E-state index >= 15 is 0 Å². The Kier molecular flexibility index (Phi) is 5.07. The summed E-state index contributed by atoms with van der Waals surface area (Å²) in [5, 5.41) is 4.19. The van der Waals surface area contributed by atoms with Crippen LogP contribution < -0.4 is 5.43 Å². The number of aryl methyl sites for hydroxylation is 2. The highest BCUT2D eigenvalue weighted by atomic mass is 79.9. The van der Waals surface area contributed by atoms with Gasteiger partial charge in [-0.25, -0.2) is 10.4 Å². The van der Waals surface area contributed by atoms with Crippen LogP contribution >= 0.6 is 15.9 Å². The molecule has 3 heterocycles. The van der Waals surface area contributed by atoms with Crippen LogP contribution in [0.25, 0.3) is 11.3 Å². The number of carbonyl (C=O) groups excluding carboxylic acids is 1. The minimum atomic E-state index is -0.304. The van der Waals surface area contributed by atoms with Gasteiger partial charge in [-0.15, -0.1) is 0 Å². The second-order valence-corrected chi connectivity index (χ2v) is 7.73. The molecule has 0 saturated carbocycles. The quantitative estimate of drug-likeness (QED) is 0.366. The van der Waals surface area contributed by atoms with Crippen LogP contribution in [0.1, 0.15) is 33.1 Å². The Hall–Kier alpha value is -3.19. The third-order valence-electron chi connectivity index (χ3n) is 4.83. The summed E-state index contributed by atoms with van der Waals surface area (Å²) in [4.78, 5) is 17.1. The minimum absolute atomic E-state index is 0.304. The zero-order valence-corrected chi connectivity index (χ0v) is 17.9. The van der Waals surface area contributed by atoms with Crippen LogP contribution in [-0.4, -0.2) is 26.1 Å². The first-order valence-corrected chi connectivity index (χ1v) is 9.97. The molecule has 0 spiro atoms. The van der Waals surface area contributed by atoms with Crippen LogP contribution in [0.2, 0.25) is 0 Å². The van der Waals surface area contributed by atoms with Gasteiger partial charge < -0.3 is 4.57 Å². The Bertz CT molecular complexity index is 1240. The third kappa shape index (κ3) is 3.61. The van der Waals surface area contributed by atoms with E-state index in [1.165, 1.54) is 0 Å². The van der Waals surface area contributed by atoms with Gasteiger partial charge in [-0.3, -0.25) is 9.20 Å². The summed E-state index contributed by atoms with van der Waals surface area (Å²) in [5.41, 5.74) is 8.66. The molecule has 1 amide bonds. The van der Waals surface area contributed by atoms with Crippen molar-refractivity contribution in [1.82, 2.24) is 19.4 Å². The number of hydrogen-bond donors (Lipinski definition) is 1. The van der Waals surface area contributed by atoms with Crippen LogP contribution in [0.3, 0.4) is 0 Å². The van der Waals surface area contributed by atoms with E-state index in [9.17, 15) is 4.79 Å². The van der Waals surface area contributed by atoms with Gasteiger partial charge >= 0.3 is 0 Å². The van der Waals surface area contributed by atoms with E-state index < -0.39 is 0 Å². The Morgan fingerprint density at radius 2 is 1.90 bits per heavy atom. The normalized spacial score (nSPS) is 11.4. The van der Waals surface area contributed by atoms with Crippen LogP contribution in [0, 0.1) is 20.8 Å². The molecule has 0 aliphatic carbocycles. The number of rotatable bonds is 4. The monoisotopic (exact) mass is 449 g/mol. The van der Waals surface area contributed by atoms with Crippen molar-refractivity contribution in [2.75, 3.05) is 0 Å². The average Bonchev–Trinajstić information content (AvgIpc) is 3.17. The first kappa shape index (κ1) is 19.1. The van der Waals surface area contributed by atoms with Crippen molar-refractivity contribution < 1.29 is 4.79 Å². The summed E-state index contributed by atoms with van der Waals surface area (Å²) in [6, 6.07) is 15.9. The third-order valence-corrected chi connectivity index (χ3v) is 5.30. The van der Waals surface area contributed by atoms with E-state index in [0.29, 0.717) is 17.0 Å². The fourth-order valence-corrected chi connectivity index (χ4v) is 3.85. The molecule has 7 heteroatoms. The van der Waals surface area contributed by atoms with Gasteiger partial charge in [0.1, 0.15) is 11.3 Å². The smallest absolute Gasteiger partial charge is 0.290 e. The number of aromatic nitrogens is 3. The van der Waals surface area contributed by atoms with Crippen LogP contribution in [0.4, 0.5) is 0 Å². The molecule has 0 aliphatic heterocycles. The Balaban J connectivity index is 1.58. The maximum absolute atomic E-state index is 12.7. The molecule has 1 aromatic carbocycles. The predicted molar refractivity (Wildman–Crippen MR) is 118 cm³/mol. The van der Waals surface area contributed by atoms with E-state index in [1.807, 2.05) is 50.4 Å². The average molecular weight is 450 g/mol. The molecule has 3 aromatic heterocycles. The van der Waals surface area contributed by atoms with Gasteiger partial charge in [-0.05, 0) is 67.0 Å². The SMILES string of the molecule is Cc1nc2ccc(Br)cn2c1C(=O)N/N=C\c1cc(C)n(-c2ccccc2)c1C. The van der Waals surface area contributed by atoms with E-state index in [0.717, 1.165) is 27.1 Å². The molecule has 0 bridgehead atoms. The Morgan fingerprint density at radius 3 is 2.66 bits per heavy atom.